The lowest BCUT2D eigenvalue weighted by atomic mass is 10.6. The SMILES string of the molecule is C=COCCn1c(N)ccc1SC. The second-order valence-electron chi connectivity index (χ2n) is 2.49. The van der Waals surface area contributed by atoms with Crippen molar-refractivity contribution in [3.8, 4) is 0 Å². The van der Waals surface area contributed by atoms with Gasteiger partial charge in [-0.25, -0.2) is 0 Å². The Bertz CT molecular complexity index is 283. The van der Waals surface area contributed by atoms with Crippen LogP contribution in [-0.2, 0) is 11.3 Å². The molecule has 72 valence electrons. The molecule has 2 N–H and O–H groups in total. The van der Waals surface area contributed by atoms with Gasteiger partial charge < -0.3 is 15.0 Å². The molecule has 1 heterocycles. The fraction of sp³-hybridized carbons (Fsp3) is 0.333. The Balaban J connectivity index is 2.62. The molecule has 0 aliphatic heterocycles. The van der Waals surface area contributed by atoms with Crippen LogP contribution in [0.2, 0.25) is 0 Å². The van der Waals surface area contributed by atoms with E-state index in [2.05, 4.69) is 6.58 Å². The lowest BCUT2D eigenvalue weighted by molar-refractivity contribution is 0.234. The largest absolute Gasteiger partial charge is 0.500 e. The highest BCUT2D eigenvalue weighted by Gasteiger charge is 2.03. The summed E-state index contributed by atoms with van der Waals surface area (Å²) in [6.45, 7) is 4.85. The highest BCUT2D eigenvalue weighted by molar-refractivity contribution is 7.98. The minimum absolute atomic E-state index is 0.607. The Labute approximate surface area is 82.6 Å². The van der Waals surface area contributed by atoms with Gasteiger partial charge in [0, 0.05) is 0 Å². The standard InChI is InChI=1S/C9H14N2OS/c1-3-12-7-6-11-8(10)4-5-9(11)13-2/h3-5H,1,6-7,10H2,2H3. The molecule has 0 aliphatic carbocycles. The number of ether oxygens (including phenoxy) is 1. The van der Waals surface area contributed by atoms with E-state index < -0.39 is 0 Å². The van der Waals surface area contributed by atoms with Crippen LogP contribution in [0.1, 0.15) is 0 Å². The molecular formula is C9H14N2OS. The molecule has 3 nitrogen and oxygen atoms in total. The zero-order valence-corrected chi connectivity index (χ0v) is 8.51. The van der Waals surface area contributed by atoms with Crippen molar-refractivity contribution >= 4 is 17.6 Å². The summed E-state index contributed by atoms with van der Waals surface area (Å²) in [4.78, 5) is 0. The van der Waals surface area contributed by atoms with Gasteiger partial charge in [0.2, 0.25) is 0 Å². The first-order valence-corrected chi connectivity index (χ1v) is 5.23. The van der Waals surface area contributed by atoms with Gasteiger partial charge in [-0.1, -0.05) is 6.58 Å². The van der Waals surface area contributed by atoms with E-state index in [9.17, 15) is 0 Å². The average Bonchev–Trinajstić information content (AvgIpc) is 2.48. The molecule has 1 aromatic heterocycles. The topological polar surface area (TPSA) is 40.2 Å². The van der Waals surface area contributed by atoms with Crippen LogP contribution in [0, 0.1) is 0 Å². The first-order valence-electron chi connectivity index (χ1n) is 4.01. The van der Waals surface area contributed by atoms with Crippen LogP contribution in [0.3, 0.4) is 0 Å². The first kappa shape index (κ1) is 10.1. The Morgan fingerprint density at radius 1 is 1.69 bits per heavy atom. The summed E-state index contributed by atoms with van der Waals surface area (Å²) in [6.07, 6.45) is 3.47. The molecule has 0 saturated carbocycles. The van der Waals surface area contributed by atoms with Gasteiger partial charge >= 0.3 is 0 Å². The highest BCUT2D eigenvalue weighted by Crippen LogP contribution is 2.20. The van der Waals surface area contributed by atoms with Crippen LogP contribution in [-0.4, -0.2) is 17.4 Å². The summed E-state index contributed by atoms with van der Waals surface area (Å²) in [7, 11) is 0. The van der Waals surface area contributed by atoms with Crippen molar-refractivity contribution < 1.29 is 4.74 Å². The Morgan fingerprint density at radius 3 is 3.08 bits per heavy atom. The van der Waals surface area contributed by atoms with E-state index in [1.54, 1.807) is 11.8 Å². The smallest absolute Gasteiger partial charge is 0.105 e. The number of hydrogen-bond acceptors (Lipinski definition) is 3. The minimum Gasteiger partial charge on any atom is -0.500 e. The van der Waals surface area contributed by atoms with E-state index in [-0.39, 0.29) is 0 Å². The van der Waals surface area contributed by atoms with Crippen LogP contribution >= 0.6 is 11.8 Å². The van der Waals surface area contributed by atoms with Crippen LogP contribution in [0.4, 0.5) is 5.82 Å². The quantitative estimate of drug-likeness (QED) is 0.446. The molecule has 0 aromatic carbocycles. The Hall–Kier alpha value is -1.03. The maximum atomic E-state index is 5.77. The van der Waals surface area contributed by atoms with E-state index in [0.717, 1.165) is 17.4 Å². The van der Waals surface area contributed by atoms with E-state index in [4.69, 9.17) is 10.5 Å². The molecule has 0 unspecified atom stereocenters. The van der Waals surface area contributed by atoms with Gasteiger partial charge in [-0.05, 0) is 18.4 Å². The van der Waals surface area contributed by atoms with Gasteiger partial charge in [0.15, 0.2) is 0 Å². The number of rotatable bonds is 5. The number of thioether (sulfide) groups is 1. The van der Waals surface area contributed by atoms with Gasteiger partial charge in [0.1, 0.15) is 12.4 Å². The Morgan fingerprint density at radius 2 is 2.46 bits per heavy atom. The van der Waals surface area contributed by atoms with Crippen molar-refractivity contribution in [2.45, 2.75) is 11.6 Å². The van der Waals surface area contributed by atoms with Crippen LogP contribution in [0.25, 0.3) is 0 Å². The zero-order chi connectivity index (χ0) is 9.68. The third-order valence-corrected chi connectivity index (χ3v) is 2.51. The van der Waals surface area contributed by atoms with E-state index in [0.29, 0.717) is 6.61 Å². The summed E-state index contributed by atoms with van der Waals surface area (Å²) in [5.74, 6) is 0.775. The minimum atomic E-state index is 0.607. The van der Waals surface area contributed by atoms with Crippen molar-refractivity contribution in [3.05, 3.63) is 25.0 Å². The maximum absolute atomic E-state index is 5.77. The molecule has 1 aromatic rings. The summed E-state index contributed by atoms with van der Waals surface area (Å²) in [5.41, 5.74) is 5.77. The Kier molecular flexibility index (Phi) is 3.76. The molecule has 0 amide bonds. The van der Waals surface area contributed by atoms with Crippen molar-refractivity contribution in [2.75, 3.05) is 18.6 Å². The molecule has 4 heteroatoms. The van der Waals surface area contributed by atoms with Crippen molar-refractivity contribution in [1.82, 2.24) is 4.57 Å². The predicted molar refractivity (Wildman–Crippen MR) is 56.8 cm³/mol. The van der Waals surface area contributed by atoms with Gasteiger partial charge in [0.05, 0.1) is 17.8 Å². The summed E-state index contributed by atoms with van der Waals surface area (Å²) < 4.78 is 7.06. The number of aromatic nitrogens is 1. The second-order valence-corrected chi connectivity index (χ2v) is 3.32. The lowest BCUT2D eigenvalue weighted by Crippen LogP contribution is -2.07. The average molecular weight is 198 g/mol. The number of hydrogen-bond donors (Lipinski definition) is 1. The molecule has 0 bridgehead atoms. The fourth-order valence-electron chi connectivity index (χ4n) is 1.11. The first-order chi connectivity index (χ1) is 6.29. The van der Waals surface area contributed by atoms with E-state index in [1.165, 1.54) is 6.26 Å². The number of nitrogens with zero attached hydrogens (tertiary/aromatic N) is 1. The lowest BCUT2D eigenvalue weighted by Gasteiger charge is -2.08. The van der Waals surface area contributed by atoms with Crippen molar-refractivity contribution in [2.24, 2.45) is 0 Å². The van der Waals surface area contributed by atoms with Gasteiger partial charge in [-0.2, -0.15) is 0 Å². The number of anilines is 1. The fourth-order valence-corrected chi connectivity index (χ4v) is 1.73. The summed E-state index contributed by atoms with van der Waals surface area (Å²) in [5, 5.41) is 1.16. The molecule has 0 saturated heterocycles. The third kappa shape index (κ3) is 2.45. The molecule has 0 spiro atoms. The predicted octanol–water partition coefficient (Wildman–Crippen LogP) is 1.95. The molecule has 0 fully saturated rings. The van der Waals surface area contributed by atoms with Crippen LogP contribution in [0.5, 0.6) is 0 Å². The van der Waals surface area contributed by atoms with Gasteiger partial charge in [-0.15, -0.1) is 11.8 Å². The number of nitrogen functional groups attached to an aromatic ring is 1. The summed E-state index contributed by atoms with van der Waals surface area (Å²) in [6, 6.07) is 3.91. The second kappa shape index (κ2) is 4.87. The maximum Gasteiger partial charge on any atom is 0.105 e. The van der Waals surface area contributed by atoms with Crippen molar-refractivity contribution in [1.29, 1.82) is 0 Å². The molecule has 0 radical (unpaired) electrons. The molecular weight excluding hydrogens is 184 g/mol. The van der Waals surface area contributed by atoms with Crippen molar-refractivity contribution in [3.63, 3.8) is 0 Å². The third-order valence-electron chi connectivity index (χ3n) is 1.73. The summed E-state index contributed by atoms with van der Waals surface area (Å²) >= 11 is 1.68. The van der Waals surface area contributed by atoms with Gasteiger partial charge in [-0.3, -0.25) is 0 Å². The highest BCUT2D eigenvalue weighted by atomic mass is 32.2. The zero-order valence-electron chi connectivity index (χ0n) is 7.69. The van der Waals surface area contributed by atoms with E-state index >= 15 is 0 Å². The molecule has 13 heavy (non-hydrogen) atoms. The van der Waals surface area contributed by atoms with Crippen LogP contribution < -0.4 is 5.73 Å². The molecule has 1 rings (SSSR count). The van der Waals surface area contributed by atoms with Crippen LogP contribution in [0.15, 0.2) is 30.0 Å². The monoisotopic (exact) mass is 198 g/mol. The number of nitrogens with two attached hydrogens (primary N) is 1. The molecule has 0 atom stereocenters. The van der Waals surface area contributed by atoms with Gasteiger partial charge in [0.25, 0.3) is 0 Å². The molecule has 0 aliphatic rings. The normalized spacial score (nSPS) is 9.92. The van der Waals surface area contributed by atoms with E-state index in [1.807, 2.05) is 23.0 Å².